The van der Waals surface area contributed by atoms with E-state index in [-0.39, 0.29) is 16.7 Å². The Kier molecular flexibility index (Phi) is 4.23. The van der Waals surface area contributed by atoms with Gasteiger partial charge in [0.05, 0.1) is 17.0 Å². The van der Waals surface area contributed by atoms with Gasteiger partial charge in [-0.05, 0) is 30.2 Å². The molecule has 156 valence electrons. The Hall–Kier alpha value is -2.78. The van der Waals surface area contributed by atoms with Gasteiger partial charge in [0.2, 0.25) is 0 Å². The van der Waals surface area contributed by atoms with Gasteiger partial charge in [0, 0.05) is 30.1 Å². The highest BCUT2D eigenvalue weighted by Crippen LogP contribution is 2.53. The number of aromatic amines is 1. The van der Waals surface area contributed by atoms with Crippen molar-refractivity contribution in [2.24, 2.45) is 0 Å². The number of rotatable bonds is 2. The molecule has 4 heterocycles. The molecule has 5 rings (SSSR count). The quantitative estimate of drug-likeness (QED) is 0.642. The summed E-state index contributed by atoms with van der Waals surface area (Å²) in [7, 11) is 0. The summed E-state index contributed by atoms with van der Waals surface area (Å²) in [5, 5.41) is 0.335. The number of alkyl halides is 2. The first-order valence-electron chi connectivity index (χ1n) is 9.34. The molecule has 0 saturated carbocycles. The van der Waals surface area contributed by atoms with Gasteiger partial charge in [-0.25, -0.2) is 17.6 Å². The second kappa shape index (κ2) is 6.61. The van der Waals surface area contributed by atoms with Crippen LogP contribution in [0.25, 0.3) is 10.9 Å². The first-order valence-corrected chi connectivity index (χ1v) is 9.34. The molecular formula is C21H16F4N2O3. The molecule has 4 atom stereocenters. The van der Waals surface area contributed by atoms with Crippen LogP contribution in [0.3, 0.4) is 0 Å². The van der Waals surface area contributed by atoms with E-state index in [1.807, 2.05) is 0 Å². The Bertz CT molecular complexity index is 1210. The average molecular weight is 420 g/mol. The summed E-state index contributed by atoms with van der Waals surface area (Å²) in [6.45, 7) is 0.550. The fourth-order valence-electron chi connectivity index (χ4n) is 4.40. The predicted octanol–water partition coefficient (Wildman–Crippen LogP) is 3.77. The molecule has 0 spiro atoms. The van der Waals surface area contributed by atoms with Crippen LogP contribution in [0.15, 0.2) is 41.5 Å². The number of hydrogen-bond donors (Lipinski definition) is 1. The highest BCUT2D eigenvalue weighted by atomic mass is 19.3. The molecule has 2 aliphatic rings. The summed E-state index contributed by atoms with van der Waals surface area (Å²) in [6, 6.07) is 5.14. The van der Waals surface area contributed by atoms with E-state index in [0.29, 0.717) is 16.5 Å². The molecule has 2 saturated heterocycles. The van der Waals surface area contributed by atoms with E-state index in [2.05, 4.69) is 9.97 Å². The van der Waals surface area contributed by atoms with Crippen molar-refractivity contribution in [1.82, 2.24) is 9.97 Å². The predicted molar refractivity (Wildman–Crippen MR) is 98.5 cm³/mol. The third-order valence-corrected chi connectivity index (χ3v) is 5.86. The molecule has 0 aliphatic carbocycles. The van der Waals surface area contributed by atoms with Crippen molar-refractivity contribution in [3.05, 3.63) is 75.3 Å². The third-order valence-electron chi connectivity index (χ3n) is 5.86. The van der Waals surface area contributed by atoms with E-state index in [4.69, 9.17) is 9.47 Å². The van der Waals surface area contributed by atoms with E-state index >= 15 is 0 Å². The first-order chi connectivity index (χ1) is 14.3. The van der Waals surface area contributed by atoms with Gasteiger partial charge in [-0.2, -0.15) is 0 Å². The number of pyridine rings is 2. The fraction of sp³-hybridized carbons (Fsp3) is 0.333. The van der Waals surface area contributed by atoms with E-state index in [1.165, 1.54) is 31.5 Å². The van der Waals surface area contributed by atoms with Crippen molar-refractivity contribution < 1.29 is 27.0 Å². The van der Waals surface area contributed by atoms with E-state index < -0.39 is 48.4 Å². The Morgan fingerprint density at radius 3 is 2.83 bits per heavy atom. The number of halogens is 4. The molecule has 2 fully saturated rings. The Balaban J connectivity index is 1.68. The normalized spacial score (nSPS) is 27.5. The molecule has 0 amide bonds. The summed E-state index contributed by atoms with van der Waals surface area (Å²) in [5.74, 6) is -6.20. The monoisotopic (exact) mass is 420 g/mol. The number of nitrogens with one attached hydrogen (secondary N) is 1. The maximum absolute atomic E-state index is 14.4. The van der Waals surface area contributed by atoms with Gasteiger partial charge < -0.3 is 14.5 Å². The molecule has 0 unspecified atom stereocenters. The summed E-state index contributed by atoms with van der Waals surface area (Å²) < 4.78 is 67.8. The number of hydrogen-bond acceptors (Lipinski definition) is 4. The summed E-state index contributed by atoms with van der Waals surface area (Å²) in [5.41, 5.74) is 0.629. The lowest BCUT2D eigenvalue weighted by molar-refractivity contribution is -0.116. The molecule has 3 aromatic rings. The van der Waals surface area contributed by atoms with Crippen LogP contribution >= 0.6 is 0 Å². The van der Waals surface area contributed by atoms with E-state index in [1.54, 1.807) is 6.07 Å². The zero-order chi connectivity index (χ0) is 21.2. The molecule has 0 bridgehead atoms. The van der Waals surface area contributed by atoms with Gasteiger partial charge in [0.1, 0.15) is 12.7 Å². The second-order valence-electron chi connectivity index (χ2n) is 7.63. The van der Waals surface area contributed by atoms with Crippen molar-refractivity contribution >= 4 is 10.9 Å². The average Bonchev–Trinajstić information content (AvgIpc) is 3.24. The van der Waals surface area contributed by atoms with Crippen molar-refractivity contribution in [3.63, 3.8) is 0 Å². The largest absolute Gasteiger partial charge is 0.368 e. The lowest BCUT2D eigenvalue weighted by Gasteiger charge is -2.24. The van der Waals surface area contributed by atoms with Crippen molar-refractivity contribution in [2.45, 2.75) is 37.1 Å². The van der Waals surface area contributed by atoms with Gasteiger partial charge in [0.25, 0.3) is 5.92 Å². The first kappa shape index (κ1) is 19.2. The SMILES string of the molecule is Cc1c([C@@H]2[C@@H]3OCC(F)(F)[C@@H]3O[C@H]2c2cc(=O)c3cnccc3[nH]2)ccc(F)c1F. The van der Waals surface area contributed by atoms with Crippen molar-refractivity contribution in [2.75, 3.05) is 6.61 Å². The van der Waals surface area contributed by atoms with Crippen molar-refractivity contribution in [3.8, 4) is 0 Å². The number of nitrogens with zero attached hydrogens (tertiary/aromatic N) is 1. The lowest BCUT2D eigenvalue weighted by Crippen LogP contribution is -2.34. The van der Waals surface area contributed by atoms with Crippen LogP contribution in [0, 0.1) is 18.6 Å². The molecule has 2 aliphatic heterocycles. The number of aromatic nitrogens is 2. The van der Waals surface area contributed by atoms with Crippen LogP contribution in [0.2, 0.25) is 0 Å². The van der Waals surface area contributed by atoms with Crippen molar-refractivity contribution in [1.29, 1.82) is 0 Å². The van der Waals surface area contributed by atoms with Gasteiger partial charge in [-0.1, -0.05) is 6.07 Å². The lowest BCUT2D eigenvalue weighted by atomic mass is 9.84. The Labute approximate surface area is 167 Å². The molecule has 5 nitrogen and oxygen atoms in total. The molecular weight excluding hydrogens is 404 g/mol. The van der Waals surface area contributed by atoms with Crippen LogP contribution in [-0.2, 0) is 9.47 Å². The van der Waals surface area contributed by atoms with Crippen LogP contribution in [0.4, 0.5) is 17.6 Å². The molecule has 30 heavy (non-hydrogen) atoms. The fourth-order valence-corrected chi connectivity index (χ4v) is 4.40. The van der Waals surface area contributed by atoms with Gasteiger partial charge in [0.15, 0.2) is 23.2 Å². The maximum atomic E-state index is 14.4. The zero-order valence-corrected chi connectivity index (χ0v) is 15.7. The van der Waals surface area contributed by atoms with Crippen LogP contribution in [0.1, 0.15) is 28.8 Å². The number of ether oxygens (including phenoxy) is 2. The molecule has 1 aromatic carbocycles. The number of fused-ring (bicyclic) bond motifs is 2. The van der Waals surface area contributed by atoms with E-state index in [0.717, 1.165) is 6.07 Å². The Morgan fingerprint density at radius 2 is 2.03 bits per heavy atom. The van der Waals surface area contributed by atoms with Crippen LogP contribution < -0.4 is 5.43 Å². The van der Waals surface area contributed by atoms with Gasteiger partial charge in [-0.3, -0.25) is 9.78 Å². The summed E-state index contributed by atoms with van der Waals surface area (Å²) >= 11 is 0. The van der Waals surface area contributed by atoms with Gasteiger partial charge in [-0.15, -0.1) is 0 Å². The minimum absolute atomic E-state index is 0.0135. The minimum atomic E-state index is -3.24. The molecule has 1 N–H and O–H groups in total. The van der Waals surface area contributed by atoms with Crippen LogP contribution in [0.5, 0.6) is 0 Å². The number of H-pyrrole nitrogens is 1. The smallest absolute Gasteiger partial charge is 0.299 e. The minimum Gasteiger partial charge on any atom is -0.368 e. The second-order valence-corrected chi connectivity index (χ2v) is 7.63. The number of benzene rings is 1. The summed E-state index contributed by atoms with van der Waals surface area (Å²) in [6.07, 6.45) is -0.807. The molecule has 9 heteroatoms. The highest BCUT2D eigenvalue weighted by Gasteiger charge is 2.62. The topological polar surface area (TPSA) is 64.2 Å². The maximum Gasteiger partial charge on any atom is 0.299 e. The molecule has 0 radical (unpaired) electrons. The third kappa shape index (κ3) is 2.76. The van der Waals surface area contributed by atoms with Gasteiger partial charge >= 0.3 is 0 Å². The van der Waals surface area contributed by atoms with E-state index in [9.17, 15) is 22.4 Å². The Morgan fingerprint density at radius 1 is 1.23 bits per heavy atom. The zero-order valence-electron chi connectivity index (χ0n) is 15.7. The standard InChI is InChI=1S/C21H16F4N2O3/c1-9-10(2-3-12(22)17(9)23)16-18(30-20-19(16)29-8-21(20,24)25)14-6-15(28)11-7-26-5-4-13(11)27-14/h2-7,16,18-20H,8H2,1H3,(H,27,28)/t16-,18-,19-,20+/m0/s1. The highest BCUT2D eigenvalue weighted by molar-refractivity contribution is 5.77. The molecule has 2 aromatic heterocycles. The summed E-state index contributed by atoms with van der Waals surface area (Å²) in [4.78, 5) is 19.5. The van der Waals surface area contributed by atoms with Crippen LogP contribution in [-0.4, -0.2) is 34.7 Å².